The molecule has 2 rings (SSSR count). The van der Waals surface area contributed by atoms with Crippen molar-refractivity contribution in [2.75, 3.05) is 0 Å². The van der Waals surface area contributed by atoms with Crippen molar-refractivity contribution >= 4 is 6.29 Å². The Morgan fingerprint density at radius 3 is 2.72 bits per heavy atom. The predicted molar refractivity (Wildman–Crippen MR) is 72.1 cm³/mol. The van der Waals surface area contributed by atoms with Crippen LogP contribution in [-0.4, -0.2) is 6.29 Å². The van der Waals surface area contributed by atoms with E-state index in [9.17, 15) is 4.79 Å². The molecule has 92 valence electrons. The van der Waals surface area contributed by atoms with Gasteiger partial charge in [0.25, 0.3) is 0 Å². The zero-order valence-corrected chi connectivity index (χ0v) is 10.6. The minimum Gasteiger partial charge on any atom is -0.489 e. The summed E-state index contributed by atoms with van der Waals surface area (Å²) in [5.41, 5.74) is 4.24. The Labute approximate surface area is 107 Å². The van der Waals surface area contributed by atoms with Crippen LogP contribution in [0.15, 0.2) is 42.5 Å². The first kappa shape index (κ1) is 12.4. The largest absolute Gasteiger partial charge is 0.489 e. The highest BCUT2D eigenvalue weighted by Crippen LogP contribution is 2.16. The van der Waals surface area contributed by atoms with Gasteiger partial charge in [-0.1, -0.05) is 35.9 Å². The topological polar surface area (TPSA) is 26.3 Å². The summed E-state index contributed by atoms with van der Waals surface area (Å²) in [5, 5.41) is 0. The molecule has 0 saturated carbocycles. The van der Waals surface area contributed by atoms with Crippen molar-refractivity contribution in [1.82, 2.24) is 0 Å². The Kier molecular flexibility index (Phi) is 3.78. The van der Waals surface area contributed by atoms with Crippen LogP contribution < -0.4 is 4.74 Å². The van der Waals surface area contributed by atoms with E-state index in [1.807, 2.05) is 12.1 Å². The molecule has 0 aliphatic rings. The summed E-state index contributed by atoms with van der Waals surface area (Å²) in [6, 6.07) is 13.5. The van der Waals surface area contributed by atoms with Gasteiger partial charge >= 0.3 is 0 Å². The van der Waals surface area contributed by atoms with Gasteiger partial charge in [0.15, 0.2) is 0 Å². The SMILES string of the molecule is Cc1ccc(C)c(COc2cccc(C=O)c2)c1. The van der Waals surface area contributed by atoms with E-state index in [1.165, 1.54) is 16.7 Å². The molecule has 0 aromatic heterocycles. The molecule has 18 heavy (non-hydrogen) atoms. The van der Waals surface area contributed by atoms with Crippen molar-refractivity contribution in [3.8, 4) is 5.75 Å². The number of aldehydes is 1. The summed E-state index contributed by atoms with van der Waals surface area (Å²) < 4.78 is 5.71. The van der Waals surface area contributed by atoms with E-state index >= 15 is 0 Å². The molecule has 2 aromatic carbocycles. The lowest BCUT2D eigenvalue weighted by molar-refractivity contribution is 0.112. The summed E-state index contributed by atoms with van der Waals surface area (Å²) in [7, 11) is 0. The van der Waals surface area contributed by atoms with E-state index < -0.39 is 0 Å². The average molecular weight is 240 g/mol. The molecule has 0 saturated heterocycles. The molecular weight excluding hydrogens is 224 g/mol. The first-order chi connectivity index (χ1) is 8.69. The average Bonchev–Trinajstić information content (AvgIpc) is 2.40. The van der Waals surface area contributed by atoms with Crippen LogP contribution in [0.2, 0.25) is 0 Å². The van der Waals surface area contributed by atoms with Crippen LogP contribution in [-0.2, 0) is 6.61 Å². The maximum Gasteiger partial charge on any atom is 0.150 e. The first-order valence-electron chi connectivity index (χ1n) is 5.93. The second kappa shape index (κ2) is 5.50. The second-order valence-electron chi connectivity index (χ2n) is 4.41. The van der Waals surface area contributed by atoms with Crippen molar-refractivity contribution in [3.05, 3.63) is 64.7 Å². The molecule has 0 fully saturated rings. The number of carbonyl (C=O) groups is 1. The van der Waals surface area contributed by atoms with Crippen molar-refractivity contribution < 1.29 is 9.53 Å². The lowest BCUT2D eigenvalue weighted by Gasteiger charge is -2.09. The van der Waals surface area contributed by atoms with Crippen LogP contribution in [0, 0.1) is 13.8 Å². The second-order valence-corrected chi connectivity index (χ2v) is 4.41. The zero-order valence-electron chi connectivity index (χ0n) is 10.6. The third kappa shape index (κ3) is 2.98. The van der Waals surface area contributed by atoms with Crippen LogP contribution in [0.4, 0.5) is 0 Å². The minimum atomic E-state index is 0.524. The molecule has 2 nitrogen and oxygen atoms in total. The normalized spacial score (nSPS) is 10.1. The molecule has 0 bridgehead atoms. The Balaban J connectivity index is 2.11. The summed E-state index contributed by atoms with van der Waals surface area (Å²) in [6.45, 7) is 4.66. The van der Waals surface area contributed by atoms with Gasteiger partial charge in [-0.25, -0.2) is 0 Å². The molecule has 2 aromatic rings. The van der Waals surface area contributed by atoms with E-state index in [1.54, 1.807) is 12.1 Å². The van der Waals surface area contributed by atoms with E-state index in [0.29, 0.717) is 12.2 Å². The van der Waals surface area contributed by atoms with E-state index in [0.717, 1.165) is 12.0 Å². The molecule has 0 N–H and O–H groups in total. The van der Waals surface area contributed by atoms with Gasteiger partial charge in [-0.15, -0.1) is 0 Å². The van der Waals surface area contributed by atoms with E-state index in [-0.39, 0.29) is 0 Å². The number of ether oxygens (including phenoxy) is 1. The molecule has 0 spiro atoms. The maximum absolute atomic E-state index is 10.7. The molecule has 0 amide bonds. The van der Waals surface area contributed by atoms with Crippen molar-refractivity contribution in [1.29, 1.82) is 0 Å². The van der Waals surface area contributed by atoms with E-state index in [2.05, 4.69) is 32.0 Å². The summed E-state index contributed by atoms with van der Waals surface area (Å²) >= 11 is 0. The van der Waals surface area contributed by atoms with Crippen LogP contribution in [0.1, 0.15) is 27.0 Å². The molecule has 0 aliphatic carbocycles. The lowest BCUT2D eigenvalue weighted by atomic mass is 10.1. The summed E-state index contributed by atoms with van der Waals surface area (Å²) in [4.78, 5) is 10.7. The smallest absolute Gasteiger partial charge is 0.150 e. The molecular formula is C16H16O2. The van der Waals surface area contributed by atoms with Gasteiger partial charge in [-0.2, -0.15) is 0 Å². The zero-order chi connectivity index (χ0) is 13.0. The van der Waals surface area contributed by atoms with E-state index in [4.69, 9.17) is 4.74 Å². The molecule has 0 unspecified atom stereocenters. The van der Waals surface area contributed by atoms with Crippen molar-refractivity contribution in [2.45, 2.75) is 20.5 Å². The highest BCUT2D eigenvalue weighted by atomic mass is 16.5. The fourth-order valence-electron chi connectivity index (χ4n) is 1.79. The third-order valence-corrected chi connectivity index (χ3v) is 2.89. The number of rotatable bonds is 4. The molecule has 0 atom stereocenters. The van der Waals surface area contributed by atoms with Gasteiger partial charge in [-0.3, -0.25) is 4.79 Å². The van der Waals surface area contributed by atoms with Gasteiger partial charge in [-0.05, 0) is 37.1 Å². The maximum atomic E-state index is 10.7. The van der Waals surface area contributed by atoms with Crippen molar-refractivity contribution in [3.63, 3.8) is 0 Å². The Morgan fingerprint density at radius 2 is 1.94 bits per heavy atom. The number of hydrogen-bond acceptors (Lipinski definition) is 2. The van der Waals surface area contributed by atoms with Gasteiger partial charge in [0.05, 0.1) is 0 Å². The van der Waals surface area contributed by atoms with Crippen LogP contribution in [0.5, 0.6) is 5.75 Å². The summed E-state index contributed by atoms with van der Waals surface area (Å²) in [6.07, 6.45) is 0.824. The fourth-order valence-corrected chi connectivity index (χ4v) is 1.79. The van der Waals surface area contributed by atoms with Crippen molar-refractivity contribution in [2.24, 2.45) is 0 Å². The van der Waals surface area contributed by atoms with Gasteiger partial charge < -0.3 is 4.74 Å². The van der Waals surface area contributed by atoms with Gasteiger partial charge in [0, 0.05) is 5.56 Å². The number of hydrogen-bond donors (Lipinski definition) is 0. The highest BCUT2D eigenvalue weighted by molar-refractivity contribution is 5.75. The number of aryl methyl sites for hydroxylation is 2. The monoisotopic (exact) mass is 240 g/mol. The van der Waals surface area contributed by atoms with Gasteiger partial charge in [0.2, 0.25) is 0 Å². The molecule has 2 heteroatoms. The predicted octanol–water partition coefficient (Wildman–Crippen LogP) is 3.69. The minimum absolute atomic E-state index is 0.524. The quantitative estimate of drug-likeness (QED) is 0.762. The summed E-state index contributed by atoms with van der Waals surface area (Å²) in [5.74, 6) is 0.723. The molecule has 0 heterocycles. The van der Waals surface area contributed by atoms with Gasteiger partial charge in [0.1, 0.15) is 18.6 Å². The highest BCUT2D eigenvalue weighted by Gasteiger charge is 2.01. The fraction of sp³-hybridized carbons (Fsp3) is 0.188. The van der Waals surface area contributed by atoms with Crippen LogP contribution in [0.3, 0.4) is 0 Å². The third-order valence-electron chi connectivity index (χ3n) is 2.89. The lowest BCUT2D eigenvalue weighted by Crippen LogP contribution is -1.98. The van der Waals surface area contributed by atoms with Crippen LogP contribution >= 0.6 is 0 Å². The standard InChI is InChI=1S/C16H16O2/c1-12-6-7-13(2)15(8-12)11-18-16-5-3-4-14(9-16)10-17/h3-10H,11H2,1-2H3. The number of benzene rings is 2. The molecule has 0 aliphatic heterocycles. The Hall–Kier alpha value is -2.09. The Bertz CT molecular complexity index is 559. The first-order valence-corrected chi connectivity index (χ1v) is 5.93. The van der Waals surface area contributed by atoms with Crippen LogP contribution in [0.25, 0.3) is 0 Å². The Morgan fingerprint density at radius 1 is 1.11 bits per heavy atom. The number of carbonyl (C=O) groups excluding carboxylic acids is 1. The molecule has 0 radical (unpaired) electrons.